The zero-order valence-corrected chi connectivity index (χ0v) is 16.1. The summed E-state index contributed by atoms with van der Waals surface area (Å²) in [6, 6.07) is 17.4. The topological polar surface area (TPSA) is 58.6 Å². The van der Waals surface area contributed by atoms with Gasteiger partial charge in [0.15, 0.2) is 5.75 Å². The van der Waals surface area contributed by atoms with Gasteiger partial charge in [-0.1, -0.05) is 29.8 Å². The van der Waals surface area contributed by atoms with Crippen LogP contribution in [0.2, 0.25) is 5.02 Å². The van der Waals surface area contributed by atoms with Crippen LogP contribution >= 0.6 is 11.6 Å². The van der Waals surface area contributed by atoms with Crippen LogP contribution in [0.25, 0.3) is 0 Å². The summed E-state index contributed by atoms with van der Waals surface area (Å²) < 4.78 is 5.91. The van der Waals surface area contributed by atoms with E-state index in [2.05, 4.69) is 5.32 Å². The Morgan fingerprint density at radius 1 is 1.04 bits per heavy atom. The molecule has 6 heteroatoms. The average molecular weight is 393 g/mol. The molecule has 28 heavy (non-hydrogen) atoms. The molecule has 3 aromatic rings. The SMILES string of the molecule is Cc1ccc(NC(=O)c2ccc3c(c2)N(C)C(=O)c2ccccc2O3)cc1Cl. The predicted molar refractivity (Wildman–Crippen MR) is 110 cm³/mol. The Balaban J connectivity index is 1.66. The molecule has 0 saturated carbocycles. The van der Waals surface area contributed by atoms with Gasteiger partial charge >= 0.3 is 0 Å². The molecule has 1 aliphatic heterocycles. The molecule has 1 aliphatic rings. The first kappa shape index (κ1) is 18.1. The number of amides is 2. The van der Waals surface area contributed by atoms with E-state index < -0.39 is 0 Å². The molecule has 0 saturated heterocycles. The quantitative estimate of drug-likeness (QED) is 0.645. The van der Waals surface area contributed by atoms with E-state index in [-0.39, 0.29) is 11.8 Å². The number of para-hydroxylation sites is 1. The summed E-state index contributed by atoms with van der Waals surface area (Å²) in [5, 5.41) is 3.40. The molecule has 1 N–H and O–H groups in total. The smallest absolute Gasteiger partial charge is 0.261 e. The zero-order valence-electron chi connectivity index (χ0n) is 15.3. The maximum atomic E-state index is 12.8. The second kappa shape index (κ2) is 7.02. The second-order valence-electron chi connectivity index (χ2n) is 6.56. The molecule has 0 spiro atoms. The van der Waals surface area contributed by atoms with E-state index in [1.165, 1.54) is 4.90 Å². The lowest BCUT2D eigenvalue weighted by Gasteiger charge is -2.17. The monoisotopic (exact) mass is 392 g/mol. The number of carbonyl (C=O) groups excluding carboxylic acids is 2. The van der Waals surface area contributed by atoms with Gasteiger partial charge in [0.2, 0.25) is 0 Å². The van der Waals surface area contributed by atoms with Crippen molar-refractivity contribution >= 4 is 34.8 Å². The minimum Gasteiger partial charge on any atom is -0.454 e. The summed E-state index contributed by atoms with van der Waals surface area (Å²) in [5.41, 5.74) is 2.94. The summed E-state index contributed by atoms with van der Waals surface area (Å²) in [7, 11) is 1.66. The number of rotatable bonds is 2. The van der Waals surface area contributed by atoms with Crippen molar-refractivity contribution in [1.82, 2.24) is 0 Å². The number of anilines is 2. The molecule has 2 amide bonds. The highest BCUT2D eigenvalue weighted by molar-refractivity contribution is 6.31. The number of fused-ring (bicyclic) bond motifs is 2. The van der Waals surface area contributed by atoms with E-state index in [4.69, 9.17) is 16.3 Å². The Hall–Kier alpha value is -3.31. The van der Waals surface area contributed by atoms with E-state index in [9.17, 15) is 9.59 Å². The number of ether oxygens (including phenoxy) is 1. The lowest BCUT2D eigenvalue weighted by Crippen LogP contribution is -2.25. The third-order valence-corrected chi connectivity index (χ3v) is 5.06. The number of halogens is 1. The molecule has 0 aliphatic carbocycles. The Kier molecular flexibility index (Phi) is 4.53. The molecule has 0 unspecified atom stereocenters. The minimum absolute atomic E-state index is 0.197. The van der Waals surface area contributed by atoms with E-state index in [0.29, 0.717) is 39.0 Å². The van der Waals surface area contributed by atoms with Gasteiger partial charge in [-0.05, 0) is 55.0 Å². The van der Waals surface area contributed by atoms with Crippen LogP contribution in [0.5, 0.6) is 11.5 Å². The van der Waals surface area contributed by atoms with Crippen LogP contribution in [0, 0.1) is 6.92 Å². The average Bonchev–Trinajstić information content (AvgIpc) is 2.80. The summed E-state index contributed by atoms with van der Waals surface area (Å²) in [6.07, 6.45) is 0. The highest BCUT2D eigenvalue weighted by Gasteiger charge is 2.26. The van der Waals surface area contributed by atoms with Gasteiger partial charge in [-0.2, -0.15) is 0 Å². The van der Waals surface area contributed by atoms with Crippen molar-refractivity contribution in [2.45, 2.75) is 6.92 Å². The van der Waals surface area contributed by atoms with Gasteiger partial charge in [0.1, 0.15) is 5.75 Å². The molecule has 0 atom stereocenters. The Morgan fingerprint density at radius 2 is 1.82 bits per heavy atom. The maximum absolute atomic E-state index is 12.8. The number of hydrogen-bond donors (Lipinski definition) is 1. The summed E-state index contributed by atoms with van der Waals surface area (Å²) in [6.45, 7) is 1.89. The van der Waals surface area contributed by atoms with Crippen molar-refractivity contribution in [1.29, 1.82) is 0 Å². The van der Waals surface area contributed by atoms with E-state index in [1.807, 2.05) is 19.1 Å². The lowest BCUT2D eigenvalue weighted by atomic mass is 10.1. The number of carbonyl (C=O) groups is 2. The largest absolute Gasteiger partial charge is 0.454 e. The number of nitrogens with zero attached hydrogens (tertiary/aromatic N) is 1. The Bertz CT molecular complexity index is 1110. The molecular weight excluding hydrogens is 376 g/mol. The van der Waals surface area contributed by atoms with Gasteiger partial charge in [0, 0.05) is 23.3 Å². The molecule has 0 radical (unpaired) electrons. The predicted octanol–water partition coefficient (Wildman–Crippen LogP) is 5.28. The van der Waals surface area contributed by atoms with Crippen LogP contribution in [0.3, 0.4) is 0 Å². The first-order valence-electron chi connectivity index (χ1n) is 8.70. The van der Waals surface area contributed by atoms with Crippen molar-refractivity contribution in [3.05, 3.63) is 82.4 Å². The van der Waals surface area contributed by atoms with E-state index in [0.717, 1.165) is 5.56 Å². The summed E-state index contributed by atoms with van der Waals surface area (Å²) in [4.78, 5) is 26.9. The van der Waals surface area contributed by atoms with Crippen molar-refractivity contribution in [2.24, 2.45) is 0 Å². The fourth-order valence-electron chi connectivity index (χ4n) is 3.02. The highest BCUT2D eigenvalue weighted by atomic mass is 35.5. The normalized spacial score (nSPS) is 12.5. The van der Waals surface area contributed by atoms with Gasteiger partial charge in [0.25, 0.3) is 11.8 Å². The van der Waals surface area contributed by atoms with Crippen LogP contribution in [0.4, 0.5) is 11.4 Å². The van der Waals surface area contributed by atoms with Crippen molar-refractivity contribution < 1.29 is 14.3 Å². The molecule has 0 bridgehead atoms. The standard InChI is InChI=1S/C22H17ClN2O3/c1-13-7-9-15(12-17(13)23)24-21(26)14-8-10-20-18(11-14)25(2)22(27)16-5-3-4-6-19(16)28-20/h3-12H,1-2H3,(H,24,26). The van der Waals surface area contributed by atoms with Crippen LogP contribution in [-0.2, 0) is 0 Å². The van der Waals surface area contributed by atoms with Gasteiger partial charge in [-0.3, -0.25) is 9.59 Å². The van der Waals surface area contributed by atoms with Gasteiger partial charge < -0.3 is 15.0 Å². The fraction of sp³-hybridized carbons (Fsp3) is 0.0909. The molecule has 0 fully saturated rings. The van der Waals surface area contributed by atoms with Crippen LogP contribution < -0.4 is 15.0 Å². The second-order valence-corrected chi connectivity index (χ2v) is 6.97. The van der Waals surface area contributed by atoms with E-state index >= 15 is 0 Å². The van der Waals surface area contributed by atoms with Crippen LogP contribution in [0.1, 0.15) is 26.3 Å². The number of hydrogen-bond acceptors (Lipinski definition) is 3. The third-order valence-electron chi connectivity index (χ3n) is 4.65. The van der Waals surface area contributed by atoms with Gasteiger partial charge in [-0.25, -0.2) is 0 Å². The van der Waals surface area contributed by atoms with Gasteiger partial charge in [0.05, 0.1) is 11.3 Å². The number of nitrogens with one attached hydrogen (secondary N) is 1. The molecular formula is C22H17ClN2O3. The maximum Gasteiger partial charge on any atom is 0.261 e. The molecule has 1 heterocycles. The van der Waals surface area contributed by atoms with Gasteiger partial charge in [-0.15, -0.1) is 0 Å². The summed E-state index contributed by atoms with van der Waals surface area (Å²) >= 11 is 6.12. The zero-order chi connectivity index (χ0) is 19.8. The van der Waals surface area contributed by atoms with Crippen molar-refractivity contribution in [3.63, 3.8) is 0 Å². The third kappa shape index (κ3) is 3.21. The highest BCUT2D eigenvalue weighted by Crippen LogP contribution is 2.38. The molecule has 3 aromatic carbocycles. The van der Waals surface area contributed by atoms with Crippen LogP contribution in [0.15, 0.2) is 60.7 Å². The fourth-order valence-corrected chi connectivity index (χ4v) is 3.20. The van der Waals surface area contributed by atoms with Crippen molar-refractivity contribution in [3.8, 4) is 11.5 Å². The van der Waals surface area contributed by atoms with E-state index in [1.54, 1.807) is 55.6 Å². The first-order valence-corrected chi connectivity index (χ1v) is 9.08. The minimum atomic E-state index is -0.301. The summed E-state index contributed by atoms with van der Waals surface area (Å²) in [5.74, 6) is 0.503. The molecule has 140 valence electrons. The number of aryl methyl sites for hydroxylation is 1. The number of benzene rings is 3. The van der Waals surface area contributed by atoms with Crippen LogP contribution in [-0.4, -0.2) is 18.9 Å². The molecule has 4 rings (SSSR count). The molecule has 5 nitrogen and oxygen atoms in total. The Labute approximate surface area is 167 Å². The molecule has 0 aromatic heterocycles. The first-order chi connectivity index (χ1) is 13.4. The van der Waals surface area contributed by atoms with Crippen molar-refractivity contribution in [2.75, 3.05) is 17.3 Å². The lowest BCUT2D eigenvalue weighted by molar-refractivity contribution is 0.0990. The Morgan fingerprint density at radius 3 is 2.61 bits per heavy atom.